The molecule has 1 aromatic carbocycles. The Hall–Kier alpha value is -1.06. The van der Waals surface area contributed by atoms with Gasteiger partial charge < -0.3 is 10.1 Å². The summed E-state index contributed by atoms with van der Waals surface area (Å²) in [7, 11) is 1.42. The first-order valence-corrected chi connectivity index (χ1v) is 6.99. The van der Waals surface area contributed by atoms with Crippen LogP contribution in [0.5, 0.6) is 0 Å². The van der Waals surface area contributed by atoms with Gasteiger partial charge in [0.25, 0.3) is 0 Å². The molecule has 0 spiro atoms. The molecule has 1 N–H and O–H groups in total. The number of methoxy groups -OCH3 is 1. The van der Waals surface area contributed by atoms with E-state index in [9.17, 15) is 4.79 Å². The van der Waals surface area contributed by atoms with Crippen LogP contribution in [-0.2, 0) is 16.0 Å². The number of carbonyl (C=O) groups excluding carboxylic acids is 1. The van der Waals surface area contributed by atoms with Gasteiger partial charge in [-0.1, -0.05) is 30.7 Å². The topological polar surface area (TPSA) is 38.3 Å². The van der Waals surface area contributed by atoms with Gasteiger partial charge in [0.2, 0.25) is 0 Å². The molecule has 1 unspecified atom stereocenters. The van der Waals surface area contributed by atoms with Gasteiger partial charge in [-0.25, -0.2) is 0 Å². The predicted octanol–water partition coefficient (Wildman–Crippen LogP) is 3.12. The second kappa shape index (κ2) is 8.18. The summed E-state index contributed by atoms with van der Waals surface area (Å²) in [5.41, 5.74) is 2.24. The summed E-state index contributed by atoms with van der Waals surface area (Å²) in [6.07, 6.45) is 2.22. The number of benzene rings is 1. The summed E-state index contributed by atoms with van der Waals surface area (Å²) in [6.45, 7) is 4.99. The molecular formula is C15H22ClNO2. The molecule has 0 bridgehead atoms. The number of nitrogens with one attached hydrogen (secondary N) is 1. The molecule has 1 aromatic rings. The Morgan fingerprint density at radius 1 is 1.47 bits per heavy atom. The van der Waals surface area contributed by atoms with Crippen molar-refractivity contribution in [2.45, 2.75) is 39.2 Å². The monoisotopic (exact) mass is 283 g/mol. The van der Waals surface area contributed by atoms with Crippen molar-refractivity contribution in [3.8, 4) is 0 Å². The lowest BCUT2D eigenvalue weighted by Crippen LogP contribution is -2.34. The van der Waals surface area contributed by atoms with E-state index in [1.165, 1.54) is 12.7 Å². The Kier molecular flexibility index (Phi) is 6.89. The minimum absolute atomic E-state index is 0.105. The standard InChI is InChI=1S/C15H22ClNO2/c1-4-7-17-13(10-15(18)19-3)9-12-5-6-14(16)11(2)8-12/h5-6,8,13,17H,4,7,9-10H2,1-3H3. The summed E-state index contributed by atoms with van der Waals surface area (Å²) in [4.78, 5) is 11.4. The molecule has 0 heterocycles. The molecule has 0 aliphatic rings. The fourth-order valence-electron chi connectivity index (χ4n) is 1.97. The minimum atomic E-state index is -0.181. The Balaban J connectivity index is 2.69. The van der Waals surface area contributed by atoms with Crippen LogP contribution in [0.2, 0.25) is 5.02 Å². The van der Waals surface area contributed by atoms with E-state index in [4.69, 9.17) is 16.3 Å². The number of esters is 1. The van der Waals surface area contributed by atoms with Crippen LogP contribution in [0.15, 0.2) is 18.2 Å². The zero-order valence-electron chi connectivity index (χ0n) is 11.8. The third-order valence-corrected chi connectivity index (χ3v) is 3.45. The molecule has 0 radical (unpaired) electrons. The molecular weight excluding hydrogens is 262 g/mol. The van der Waals surface area contributed by atoms with Gasteiger partial charge in [0, 0.05) is 11.1 Å². The Labute approximate surface area is 120 Å². The first kappa shape index (κ1) is 16.0. The molecule has 0 fully saturated rings. The molecule has 0 aliphatic heterocycles. The van der Waals surface area contributed by atoms with E-state index in [2.05, 4.69) is 18.3 Å². The van der Waals surface area contributed by atoms with E-state index in [1.54, 1.807) is 0 Å². The highest BCUT2D eigenvalue weighted by Crippen LogP contribution is 2.17. The van der Waals surface area contributed by atoms with E-state index in [0.29, 0.717) is 6.42 Å². The molecule has 0 aromatic heterocycles. The van der Waals surface area contributed by atoms with Crippen molar-refractivity contribution in [2.75, 3.05) is 13.7 Å². The highest BCUT2D eigenvalue weighted by Gasteiger charge is 2.14. The smallest absolute Gasteiger partial charge is 0.307 e. The van der Waals surface area contributed by atoms with Crippen LogP contribution in [0.25, 0.3) is 0 Å². The largest absolute Gasteiger partial charge is 0.469 e. The zero-order chi connectivity index (χ0) is 14.3. The molecule has 19 heavy (non-hydrogen) atoms. The molecule has 1 rings (SSSR count). The number of ether oxygens (including phenoxy) is 1. The van der Waals surface area contributed by atoms with E-state index in [0.717, 1.165) is 30.0 Å². The van der Waals surface area contributed by atoms with Crippen LogP contribution < -0.4 is 5.32 Å². The van der Waals surface area contributed by atoms with Crippen LogP contribution in [0.1, 0.15) is 30.9 Å². The van der Waals surface area contributed by atoms with Gasteiger partial charge in [0.1, 0.15) is 0 Å². The van der Waals surface area contributed by atoms with Crippen LogP contribution in [0, 0.1) is 6.92 Å². The second-order valence-corrected chi connectivity index (χ2v) is 5.13. The maximum atomic E-state index is 11.4. The van der Waals surface area contributed by atoms with E-state index < -0.39 is 0 Å². The first-order chi connectivity index (χ1) is 9.06. The lowest BCUT2D eigenvalue weighted by molar-refractivity contribution is -0.141. The molecule has 0 aliphatic carbocycles. The third-order valence-electron chi connectivity index (χ3n) is 3.03. The summed E-state index contributed by atoms with van der Waals surface area (Å²) in [5.74, 6) is -0.181. The maximum Gasteiger partial charge on any atom is 0.307 e. The van der Waals surface area contributed by atoms with Gasteiger partial charge in [0.15, 0.2) is 0 Å². The number of aryl methyl sites for hydroxylation is 1. The molecule has 3 nitrogen and oxygen atoms in total. The molecule has 0 amide bonds. The van der Waals surface area contributed by atoms with Crippen LogP contribution in [-0.4, -0.2) is 25.7 Å². The third kappa shape index (κ3) is 5.62. The van der Waals surface area contributed by atoms with Crippen molar-refractivity contribution in [1.82, 2.24) is 5.32 Å². The van der Waals surface area contributed by atoms with Gasteiger partial charge in [-0.05, 0) is 43.5 Å². The van der Waals surface area contributed by atoms with Crippen molar-refractivity contribution in [3.05, 3.63) is 34.3 Å². The van der Waals surface area contributed by atoms with Crippen LogP contribution in [0.4, 0.5) is 0 Å². The average molecular weight is 284 g/mol. The molecule has 4 heteroatoms. The molecule has 106 valence electrons. The lowest BCUT2D eigenvalue weighted by atomic mass is 10.0. The van der Waals surface area contributed by atoms with Gasteiger partial charge in [-0.3, -0.25) is 4.79 Å². The quantitative estimate of drug-likeness (QED) is 0.782. The number of hydrogen-bond donors (Lipinski definition) is 1. The van der Waals surface area contributed by atoms with Gasteiger partial charge >= 0.3 is 5.97 Å². The Morgan fingerprint density at radius 3 is 2.79 bits per heavy atom. The number of halogens is 1. The van der Waals surface area contributed by atoms with Crippen LogP contribution in [0.3, 0.4) is 0 Å². The first-order valence-electron chi connectivity index (χ1n) is 6.62. The van der Waals surface area contributed by atoms with Crippen molar-refractivity contribution >= 4 is 17.6 Å². The SMILES string of the molecule is CCCNC(CC(=O)OC)Cc1ccc(Cl)c(C)c1. The van der Waals surface area contributed by atoms with Gasteiger partial charge in [-0.2, -0.15) is 0 Å². The average Bonchev–Trinajstić information content (AvgIpc) is 2.40. The van der Waals surface area contributed by atoms with E-state index in [1.807, 2.05) is 19.1 Å². The lowest BCUT2D eigenvalue weighted by Gasteiger charge is -2.18. The van der Waals surface area contributed by atoms with Gasteiger partial charge in [0.05, 0.1) is 13.5 Å². The van der Waals surface area contributed by atoms with E-state index in [-0.39, 0.29) is 12.0 Å². The van der Waals surface area contributed by atoms with E-state index >= 15 is 0 Å². The minimum Gasteiger partial charge on any atom is -0.469 e. The Bertz CT molecular complexity index is 421. The summed E-state index contributed by atoms with van der Waals surface area (Å²) < 4.78 is 4.74. The van der Waals surface area contributed by atoms with Crippen molar-refractivity contribution in [2.24, 2.45) is 0 Å². The van der Waals surface area contributed by atoms with Crippen molar-refractivity contribution < 1.29 is 9.53 Å². The zero-order valence-corrected chi connectivity index (χ0v) is 12.6. The number of hydrogen-bond acceptors (Lipinski definition) is 3. The normalized spacial score (nSPS) is 12.2. The highest BCUT2D eigenvalue weighted by atomic mass is 35.5. The fourth-order valence-corrected chi connectivity index (χ4v) is 2.09. The summed E-state index contributed by atoms with van der Waals surface area (Å²) in [6, 6.07) is 6.09. The summed E-state index contributed by atoms with van der Waals surface area (Å²) in [5, 5.41) is 4.16. The Morgan fingerprint density at radius 2 is 2.21 bits per heavy atom. The highest BCUT2D eigenvalue weighted by molar-refractivity contribution is 6.31. The summed E-state index contributed by atoms with van der Waals surface area (Å²) >= 11 is 6.02. The fraction of sp³-hybridized carbons (Fsp3) is 0.533. The van der Waals surface area contributed by atoms with Crippen LogP contribution >= 0.6 is 11.6 Å². The van der Waals surface area contributed by atoms with Gasteiger partial charge in [-0.15, -0.1) is 0 Å². The number of rotatable bonds is 7. The molecule has 0 saturated carbocycles. The maximum absolute atomic E-state index is 11.4. The molecule has 0 saturated heterocycles. The molecule has 1 atom stereocenters. The van der Waals surface area contributed by atoms with Crippen molar-refractivity contribution in [1.29, 1.82) is 0 Å². The van der Waals surface area contributed by atoms with Crippen molar-refractivity contribution in [3.63, 3.8) is 0 Å². The number of carbonyl (C=O) groups is 1. The second-order valence-electron chi connectivity index (χ2n) is 4.72. The predicted molar refractivity (Wildman–Crippen MR) is 78.6 cm³/mol.